The number of carbonyl (C=O) groups excluding carboxylic acids is 3. The third-order valence-corrected chi connectivity index (χ3v) is 18.9. The molecular formula is C73H79F6N13O7. The molecule has 3 N–H and O–H groups in total. The normalized spacial score (nSPS) is 17.5. The van der Waals surface area contributed by atoms with Crippen molar-refractivity contribution in [1.29, 1.82) is 0 Å². The van der Waals surface area contributed by atoms with Crippen molar-refractivity contribution in [3.8, 4) is 45.1 Å². The Morgan fingerprint density at radius 3 is 1.44 bits per heavy atom. The van der Waals surface area contributed by atoms with E-state index in [0.717, 1.165) is 53.6 Å². The minimum atomic E-state index is -1.31. The third kappa shape index (κ3) is 12.1. The van der Waals surface area contributed by atoms with Crippen molar-refractivity contribution in [2.24, 2.45) is 0 Å². The zero-order valence-corrected chi connectivity index (χ0v) is 57.2. The lowest BCUT2D eigenvalue weighted by Crippen LogP contribution is -2.64. The van der Waals surface area contributed by atoms with Crippen molar-refractivity contribution in [1.82, 2.24) is 43.8 Å². The van der Waals surface area contributed by atoms with Crippen molar-refractivity contribution in [2.45, 2.75) is 123 Å². The lowest BCUT2D eigenvalue weighted by atomic mass is 9.94. The SMILES string of the molecule is C=CC(=O)N1CC2C(=O)Nc3c(c4cc(F)c(-c5c(O)cccc5F)c(F)c4n(-c4c(C(C)C)ncnc4C(C)C)c3=O)N2CC1C.C=CC(=O)N1CC2CN(CCCN(C)C)c3c(c4cc(F)c(-c5c(O)cccc5F)c(F)c4n(-c4c(C(C)C)ncnc4C(C)C)c3=O)N2CC1C. The number of phenolic OH excluding ortho intramolecular Hbond substituents is 2. The van der Waals surface area contributed by atoms with Crippen LogP contribution in [-0.4, -0.2) is 156 Å². The summed E-state index contributed by atoms with van der Waals surface area (Å²) in [6, 6.07) is 6.66. The van der Waals surface area contributed by atoms with E-state index in [2.05, 4.69) is 38.4 Å². The first-order chi connectivity index (χ1) is 46.9. The molecule has 2 saturated heterocycles. The maximum atomic E-state index is 17.6. The average Bonchev–Trinajstić information content (AvgIpc) is 0.709. The summed E-state index contributed by atoms with van der Waals surface area (Å²) in [5.41, 5.74) is -2.52. The zero-order valence-electron chi connectivity index (χ0n) is 57.2. The van der Waals surface area contributed by atoms with Gasteiger partial charge in [0.05, 0.1) is 91.4 Å². The summed E-state index contributed by atoms with van der Waals surface area (Å²) in [5.74, 6) is -10.5. The second-order valence-electron chi connectivity index (χ2n) is 27.1. The molecule has 0 radical (unpaired) electrons. The molecule has 0 bridgehead atoms. The predicted octanol–water partition coefficient (Wildman–Crippen LogP) is 11.5. The number of piperazine rings is 2. The smallest absolute Gasteiger partial charge is 0.281 e. The Kier molecular flexibility index (Phi) is 19.4. The van der Waals surface area contributed by atoms with Gasteiger partial charge in [-0.2, -0.15) is 0 Å². The van der Waals surface area contributed by atoms with Crippen molar-refractivity contribution in [3.63, 3.8) is 0 Å². The number of nitrogens with one attached hydrogen (secondary N) is 1. The lowest BCUT2D eigenvalue weighted by molar-refractivity contribution is -0.130. The minimum Gasteiger partial charge on any atom is -0.507 e. The van der Waals surface area contributed by atoms with Crippen molar-refractivity contribution in [2.75, 3.05) is 79.9 Å². The van der Waals surface area contributed by atoms with Crippen LogP contribution in [0.2, 0.25) is 0 Å². The Hall–Kier alpha value is -10.1. The molecule has 20 nitrogen and oxygen atoms in total. The molecular weight excluding hydrogens is 1280 g/mol. The fourth-order valence-electron chi connectivity index (χ4n) is 14.4. The fourth-order valence-corrected chi connectivity index (χ4v) is 14.4. The average molecular weight is 1360 g/mol. The Bertz CT molecular complexity index is 4670. The highest BCUT2D eigenvalue weighted by molar-refractivity contribution is 6.12. The predicted molar refractivity (Wildman–Crippen MR) is 370 cm³/mol. The summed E-state index contributed by atoms with van der Waals surface area (Å²) in [4.78, 5) is 98.0. The molecule has 4 aliphatic rings. The van der Waals surface area contributed by atoms with Gasteiger partial charge in [-0.05, 0) is 113 Å². The van der Waals surface area contributed by atoms with Gasteiger partial charge >= 0.3 is 0 Å². The van der Waals surface area contributed by atoms with Gasteiger partial charge in [-0.3, -0.25) is 33.1 Å². The lowest BCUT2D eigenvalue weighted by Gasteiger charge is -2.52. The van der Waals surface area contributed by atoms with E-state index >= 15 is 31.1 Å². The topological polar surface area (TPSA) is 219 Å². The van der Waals surface area contributed by atoms with E-state index < -0.39 is 109 Å². The van der Waals surface area contributed by atoms with E-state index in [4.69, 9.17) is 0 Å². The van der Waals surface area contributed by atoms with Gasteiger partial charge < -0.3 is 44.9 Å². The molecule has 99 heavy (non-hydrogen) atoms. The molecule has 4 unspecified atom stereocenters. The highest BCUT2D eigenvalue weighted by Gasteiger charge is 2.46. The van der Waals surface area contributed by atoms with Crippen LogP contribution in [0.1, 0.15) is 122 Å². The van der Waals surface area contributed by atoms with Crippen LogP contribution in [0.15, 0.2) is 96.1 Å². The van der Waals surface area contributed by atoms with Gasteiger partial charge in [0.15, 0.2) is 11.6 Å². The number of aromatic hydroxyl groups is 2. The van der Waals surface area contributed by atoms with Crippen molar-refractivity contribution in [3.05, 3.63) is 165 Å². The number of nitrogens with zero attached hydrogens (tertiary/aromatic N) is 12. The summed E-state index contributed by atoms with van der Waals surface area (Å²) >= 11 is 0. The van der Waals surface area contributed by atoms with Crippen LogP contribution in [0.5, 0.6) is 11.5 Å². The van der Waals surface area contributed by atoms with Gasteiger partial charge in [0.2, 0.25) is 17.7 Å². The number of aromatic nitrogens is 6. The van der Waals surface area contributed by atoms with Gasteiger partial charge in [-0.15, -0.1) is 0 Å². The van der Waals surface area contributed by atoms with E-state index in [1.165, 1.54) is 40.3 Å². The monoisotopic (exact) mass is 1360 g/mol. The van der Waals surface area contributed by atoms with Crippen LogP contribution in [0.4, 0.5) is 49.1 Å². The van der Waals surface area contributed by atoms with E-state index in [-0.39, 0.29) is 106 Å². The van der Waals surface area contributed by atoms with Gasteiger partial charge in [-0.25, -0.2) is 46.3 Å². The van der Waals surface area contributed by atoms with Gasteiger partial charge in [0, 0.05) is 55.6 Å². The number of hydrogen-bond donors (Lipinski definition) is 3. The fraction of sp³-hybridized carbons (Fsp3) is 0.384. The maximum absolute atomic E-state index is 17.6. The number of fused-ring (bicyclic) bond motifs is 10. The molecule has 4 atom stereocenters. The molecule has 520 valence electrons. The van der Waals surface area contributed by atoms with Crippen molar-refractivity contribution >= 4 is 62.3 Å². The largest absolute Gasteiger partial charge is 0.507 e. The molecule has 3 amide bonds. The number of phenols is 2. The first kappa shape index (κ1) is 70.2. The molecule has 4 aromatic carbocycles. The van der Waals surface area contributed by atoms with Crippen LogP contribution in [-0.2, 0) is 14.4 Å². The highest BCUT2D eigenvalue weighted by atomic mass is 19.2. The number of pyridine rings is 2. The van der Waals surface area contributed by atoms with Crippen LogP contribution in [0.3, 0.4) is 0 Å². The number of benzene rings is 4. The number of anilines is 4. The number of halogens is 6. The molecule has 0 aliphatic carbocycles. The number of amides is 3. The van der Waals surface area contributed by atoms with E-state index in [1.807, 2.05) is 91.1 Å². The second kappa shape index (κ2) is 27.3. The van der Waals surface area contributed by atoms with E-state index in [0.29, 0.717) is 54.5 Å². The molecule has 2 fully saturated rings. The molecule has 26 heteroatoms. The third-order valence-electron chi connectivity index (χ3n) is 18.9. The summed E-state index contributed by atoms with van der Waals surface area (Å²) in [6.45, 7) is 27.9. The number of carbonyl (C=O) groups is 3. The number of rotatable bonds is 14. The molecule has 4 aromatic heterocycles. The van der Waals surface area contributed by atoms with E-state index in [1.54, 1.807) is 16.7 Å². The summed E-state index contributed by atoms with van der Waals surface area (Å²) in [6.07, 6.45) is 5.86. The summed E-state index contributed by atoms with van der Waals surface area (Å²) in [5, 5.41) is 24.0. The van der Waals surface area contributed by atoms with Crippen LogP contribution < -0.4 is 31.1 Å². The minimum absolute atomic E-state index is 0.0469. The first-order valence-corrected chi connectivity index (χ1v) is 32.9. The van der Waals surface area contributed by atoms with E-state index in [9.17, 15) is 29.4 Å². The Morgan fingerprint density at radius 2 is 1.01 bits per heavy atom. The van der Waals surface area contributed by atoms with Gasteiger partial charge in [0.25, 0.3) is 11.1 Å². The number of hydrogen-bond acceptors (Lipinski definition) is 15. The zero-order chi connectivity index (χ0) is 71.8. The Morgan fingerprint density at radius 1 is 0.576 bits per heavy atom. The Balaban J connectivity index is 0.000000201. The second-order valence-corrected chi connectivity index (χ2v) is 27.1. The quantitative estimate of drug-likeness (QED) is 0.0681. The van der Waals surface area contributed by atoms with Crippen molar-refractivity contribution < 1.29 is 50.9 Å². The maximum Gasteiger partial charge on any atom is 0.281 e. The molecule has 8 aromatic rings. The van der Waals surface area contributed by atoms with Gasteiger partial charge in [0.1, 0.15) is 64.8 Å². The molecule has 4 aliphatic heterocycles. The summed E-state index contributed by atoms with van der Waals surface area (Å²) < 4.78 is 101. The van der Waals surface area contributed by atoms with Crippen LogP contribution in [0, 0.1) is 34.9 Å². The van der Waals surface area contributed by atoms with Crippen LogP contribution >= 0.6 is 0 Å². The van der Waals surface area contributed by atoms with Crippen LogP contribution in [0.25, 0.3) is 55.4 Å². The standard InChI is InChI=1S/C39H46F3N7O3.C34H33F3N6O4/c1-9-29(51)47-19-24-18-46(15-11-14-45(7)8)38-36(48(24)17-23(47)6)25-16-27(41)31(30-26(40)12-10-13-28(30)50)32(42)35(25)49(39(38)52)37-33(21(2)3)43-20-44-34(37)22(4)5;1-7-23(45)41-13-21-33(46)40-29-31(42(21)12-17(41)6)18-11-20(36)25(24-19(35)9-8-10-22(24)44)26(37)30(18)43(34(29)47)32-27(15(2)3)38-14-39-28(32)16(4)5/h9-10,12-13,16,20-24,50H,1,11,14-15,17-19H2,2-8H3;7-11,14-17,21,44H,1,12-13H2,2-6H3,(H,40,46). The molecule has 12 rings (SSSR count). The van der Waals surface area contributed by atoms with Gasteiger partial charge in [-0.1, -0.05) is 80.7 Å². The molecule has 0 saturated carbocycles. The summed E-state index contributed by atoms with van der Waals surface area (Å²) in [7, 11) is 3.92. The first-order valence-electron chi connectivity index (χ1n) is 32.9. The molecule has 8 heterocycles. The molecule has 0 spiro atoms. The Labute approximate surface area is 568 Å². The highest BCUT2D eigenvalue weighted by Crippen LogP contribution is 2.49.